The molecule has 1 aliphatic heterocycles. The lowest BCUT2D eigenvalue weighted by molar-refractivity contribution is -0.151. The SMILES string of the molecule is O=C(N[C@H](CN1CCCC1)[C@H](O)c1ccc2ncccc2c1)C(F)(F)c1cc2cc(Cl)ccc2o1. The maximum atomic E-state index is 15.2. The number of benzene rings is 2. The van der Waals surface area contributed by atoms with Gasteiger partial charge >= 0.3 is 5.92 Å². The summed E-state index contributed by atoms with van der Waals surface area (Å²) in [5.74, 6) is -6.26. The van der Waals surface area contributed by atoms with Crippen LogP contribution in [0.1, 0.15) is 30.3 Å². The number of alkyl halides is 2. The van der Waals surface area contributed by atoms with E-state index >= 15 is 8.78 Å². The number of aliphatic hydroxyl groups is 1. The molecular weight excluding hydrogens is 476 g/mol. The lowest BCUT2D eigenvalue weighted by Crippen LogP contribution is -2.50. The van der Waals surface area contributed by atoms with Crippen molar-refractivity contribution < 1.29 is 23.1 Å². The van der Waals surface area contributed by atoms with Crippen molar-refractivity contribution in [3.8, 4) is 0 Å². The van der Waals surface area contributed by atoms with Crippen molar-refractivity contribution in [3.05, 3.63) is 77.1 Å². The van der Waals surface area contributed by atoms with E-state index in [1.807, 2.05) is 6.07 Å². The standard InChI is InChI=1S/C26H24ClF2N3O3/c27-19-6-8-22-18(13-19)14-23(35-22)26(28,29)25(34)31-21(15-32-10-1-2-11-32)24(33)17-5-7-20-16(12-17)4-3-9-30-20/h3-9,12-14,21,24,33H,1-2,10-11,15H2,(H,31,34)/t21-,24-/m1/s1. The molecule has 0 saturated carbocycles. The van der Waals surface area contributed by atoms with Gasteiger partial charge in [0.2, 0.25) is 0 Å². The number of hydrogen-bond donors (Lipinski definition) is 2. The highest BCUT2D eigenvalue weighted by atomic mass is 35.5. The summed E-state index contributed by atoms with van der Waals surface area (Å²) in [7, 11) is 0. The molecule has 3 heterocycles. The van der Waals surface area contributed by atoms with Gasteiger partial charge < -0.3 is 19.7 Å². The van der Waals surface area contributed by atoms with Gasteiger partial charge in [-0.1, -0.05) is 23.7 Å². The Morgan fingerprint density at radius 3 is 2.74 bits per heavy atom. The van der Waals surface area contributed by atoms with Crippen LogP contribution in [-0.4, -0.2) is 46.6 Å². The second-order valence-corrected chi connectivity index (χ2v) is 9.29. The van der Waals surface area contributed by atoms with E-state index in [4.69, 9.17) is 16.0 Å². The number of aliphatic hydroxyl groups excluding tert-OH is 1. The lowest BCUT2D eigenvalue weighted by atomic mass is 9.99. The summed E-state index contributed by atoms with van der Waals surface area (Å²) < 4.78 is 35.7. The van der Waals surface area contributed by atoms with Crippen molar-refractivity contribution in [1.29, 1.82) is 0 Å². The number of halogens is 3. The number of nitrogens with zero attached hydrogens (tertiary/aromatic N) is 2. The number of hydrogen-bond acceptors (Lipinski definition) is 5. The number of pyridine rings is 1. The Balaban J connectivity index is 1.41. The third-order valence-corrected chi connectivity index (χ3v) is 6.63. The van der Waals surface area contributed by atoms with E-state index in [1.54, 1.807) is 30.5 Å². The van der Waals surface area contributed by atoms with Gasteiger partial charge in [-0.25, -0.2) is 0 Å². The van der Waals surface area contributed by atoms with E-state index in [9.17, 15) is 9.90 Å². The third kappa shape index (κ3) is 4.87. The Morgan fingerprint density at radius 2 is 1.94 bits per heavy atom. The molecule has 35 heavy (non-hydrogen) atoms. The molecule has 0 radical (unpaired) electrons. The topological polar surface area (TPSA) is 78.6 Å². The summed E-state index contributed by atoms with van der Waals surface area (Å²) in [6.07, 6.45) is 2.43. The largest absolute Gasteiger partial charge is 0.454 e. The molecule has 1 aliphatic rings. The monoisotopic (exact) mass is 499 g/mol. The fourth-order valence-electron chi connectivity index (χ4n) is 4.52. The lowest BCUT2D eigenvalue weighted by Gasteiger charge is -2.30. The quantitative estimate of drug-likeness (QED) is 0.372. The number of aromatic nitrogens is 1. The highest BCUT2D eigenvalue weighted by molar-refractivity contribution is 6.31. The van der Waals surface area contributed by atoms with Gasteiger partial charge in [0.15, 0.2) is 5.76 Å². The first-order valence-corrected chi connectivity index (χ1v) is 11.8. The number of furan rings is 1. The van der Waals surface area contributed by atoms with Crippen molar-refractivity contribution in [1.82, 2.24) is 15.2 Å². The van der Waals surface area contributed by atoms with E-state index < -0.39 is 29.7 Å². The maximum absolute atomic E-state index is 15.2. The number of likely N-dealkylation sites (tertiary alicyclic amines) is 1. The van der Waals surface area contributed by atoms with E-state index in [0.29, 0.717) is 16.0 Å². The molecule has 1 fully saturated rings. The number of carbonyl (C=O) groups is 1. The summed E-state index contributed by atoms with van der Waals surface area (Å²) in [5, 5.41) is 15.1. The Morgan fingerprint density at radius 1 is 1.14 bits per heavy atom. The molecule has 2 atom stereocenters. The second kappa shape index (κ2) is 9.53. The van der Waals surface area contributed by atoms with Gasteiger partial charge in [0, 0.05) is 28.5 Å². The summed E-state index contributed by atoms with van der Waals surface area (Å²) in [5.41, 5.74) is 1.46. The van der Waals surface area contributed by atoms with Crippen molar-refractivity contribution in [2.45, 2.75) is 30.9 Å². The van der Waals surface area contributed by atoms with Crippen LogP contribution in [0, 0.1) is 0 Å². The fraction of sp³-hybridized carbons (Fsp3) is 0.308. The normalized spacial score (nSPS) is 16.6. The summed E-state index contributed by atoms with van der Waals surface area (Å²) in [4.78, 5) is 19.2. The minimum Gasteiger partial charge on any atom is -0.454 e. The van der Waals surface area contributed by atoms with Crippen LogP contribution >= 0.6 is 11.6 Å². The predicted octanol–water partition coefficient (Wildman–Crippen LogP) is 5.04. The van der Waals surface area contributed by atoms with Crippen LogP contribution in [0.25, 0.3) is 21.9 Å². The molecule has 0 spiro atoms. The van der Waals surface area contributed by atoms with Crippen LogP contribution < -0.4 is 5.32 Å². The molecular formula is C26H24ClF2N3O3. The van der Waals surface area contributed by atoms with Crippen LogP contribution in [0.5, 0.6) is 0 Å². The van der Waals surface area contributed by atoms with Gasteiger partial charge in [0.1, 0.15) is 11.7 Å². The van der Waals surface area contributed by atoms with Crippen LogP contribution in [-0.2, 0) is 10.7 Å². The van der Waals surface area contributed by atoms with E-state index in [2.05, 4.69) is 15.2 Å². The van der Waals surface area contributed by atoms with E-state index in [0.717, 1.165) is 42.9 Å². The predicted molar refractivity (Wildman–Crippen MR) is 129 cm³/mol. The van der Waals surface area contributed by atoms with E-state index in [-0.39, 0.29) is 12.1 Å². The van der Waals surface area contributed by atoms with Gasteiger partial charge in [-0.05, 0) is 74.0 Å². The average Bonchev–Trinajstić information content (AvgIpc) is 3.52. The molecule has 4 aromatic rings. The molecule has 182 valence electrons. The number of fused-ring (bicyclic) bond motifs is 2. The molecule has 5 rings (SSSR count). The Kier molecular flexibility index (Phi) is 6.44. The first-order valence-electron chi connectivity index (χ1n) is 11.4. The molecule has 6 nitrogen and oxygen atoms in total. The maximum Gasteiger partial charge on any atom is 0.380 e. The number of carbonyl (C=O) groups excluding carboxylic acids is 1. The molecule has 9 heteroatoms. The van der Waals surface area contributed by atoms with Crippen LogP contribution in [0.3, 0.4) is 0 Å². The second-order valence-electron chi connectivity index (χ2n) is 8.86. The van der Waals surface area contributed by atoms with Crippen molar-refractivity contribution >= 4 is 39.4 Å². The molecule has 2 N–H and O–H groups in total. The van der Waals surface area contributed by atoms with Gasteiger partial charge in [-0.3, -0.25) is 9.78 Å². The molecule has 0 aliphatic carbocycles. The first-order chi connectivity index (χ1) is 16.8. The van der Waals surface area contributed by atoms with Crippen molar-refractivity contribution in [2.75, 3.05) is 19.6 Å². The fourth-order valence-corrected chi connectivity index (χ4v) is 4.70. The highest BCUT2D eigenvalue weighted by Gasteiger charge is 2.46. The minimum absolute atomic E-state index is 0.204. The summed E-state index contributed by atoms with van der Waals surface area (Å²) in [6, 6.07) is 13.5. The Bertz CT molecular complexity index is 1370. The highest BCUT2D eigenvalue weighted by Crippen LogP contribution is 2.34. The minimum atomic E-state index is -3.94. The Hall–Kier alpha value is -3.07. The molecule has 0 unspecified atom stereocenters. The summed E-state index contributed by atoms with van der Waals surface area (Å²) >= 11 is 5.94. The van der Waals surface area contributed by atoms with Crippen molar-refractivity contribution in [2.24, 2.45) is 0 Å². The average molecular weight is 500 g/mol. The zero-order valence-electron chi connectivity index (χ0n) is 18.8. The van der Waals surface area contributed by atoms with Gasteiger partial charge in [0.25, 0.3) is 5.91 Å². The zero-order valence-corrected chi connectivity index (χ0v) is 19.5. The number of rotatable bonds is 7. The van der Waals surface area contributed by atoms with Gasteiger partial charge in [-0.15, -0.1) is 0 Å². The van der Waals surface area contributed by atoms with Crippen molar-refractivity contribution in [3.63, 3.8) is 0 Å². The molecule has 2 aromatic carbocycles. The first kappa shape index (κ1) is 23.7. The van der Waals surface area contributed by atoms with Gasteiger partial charge in [-0.2, -0.15) is 8.78 Å². The van der Waals surface area contributed by atoms with Crippen LogP contribution in [0.15, 0.2) is 65.2 Å². The number of nitrogens with one attached hydrogen (secondary N) is 1. The molecule has 1 amide bonds. The van der Waals surface area contributed by atoms with Gasteiger partial charge in [0.05, 0.1) is 11.6 Å². The smallest absolute Gasteiger partial charge is 0.380 e. The molecule has 2 aromatic heterocycles. The van der Waals surface area contributed by atoms with Crippen LogP contribution in [0.2, 0.25) is 5.02 Å². The Labute approximate surface area is 205 Å². The summed E-state index contributed by atoms with van der Waals surface area (Å²) in [6.45, 7) is 1.80. The van der Waals surface area contributed by atoms with Crippen LogP contribution in [0.4, 0.5) is 8.78 Å². The third-order valence-electron chi connectivity index (χ3n) is 6.39. The molecule has 1 saturated heterocycles. The number of amides is 1. The zero-order chi connectivity index (χ0) is 24.6. The molecule has 0 bridgehead atoms. The van der Waals surface area contributed by atoms with E-state index in [1.165, 1.54) is 18.2 Å².